The molecule has 104 valence electrons. The molecule has 1 amide bonds. The largest absolute Gasteiger partial charge is 0.444 e. The highest BCUT2D eigenvalue weighted by molar-refractivity contribution is 5.67. The molecule has 0 aliphatic rings. The van der Waals surface area contributed by atoms with Gasteiger partial charge in [-0.25, -0.2) is 4.79 Å². The molecule has 0 aromatic carbocycles. The summed E-state index contributed by atoms with van der Waals surface area (Å²) >= 11 is 0. The Bertz CT molecular complexity index is 279. The second kappa shape index (κ2) is 8.76. The molecule has 0 heterocycles. The van der Waals surface area contributed by atoms with Crippen LogP contribution < -0.4 is 10.6 Å². The molecule has 0 rings (SSSR count). The Labute approximate surface area is 110 Å². The van der Waals surface area contributed by atoms with Crippen molar-refractivity contribution < 1.29 is 9.53 Å². The summed E-state index contributed by atoms with van der Waals surface area (Å²) in [6.45, 7) is 8.92. The maximum Gasteiger partial charge on any atom is 0.407 e. The molecule has 0 aliphatic carbocycles. The van der Waals surface area contributed by atoms with Crippen molar-refractivity contribution in [2.24, 2.45) is 0 Å². The van der Waals surface area contributed by atoms with Gasteiger partial charge in [0.05, 0.1) is 12.5 Å². The molecule has 0 aromatic heterocycles. The molecule has 0 fully saturated rings. The maximum atomic E-state index is 11.3. The molecule has 1 unspecified atom stereocenters. The lowest BCUT2D eigenvalue weighted by atomic mass is 10.1. The van der Waals surface area contributed by atoms with Gasteiger partial charge in [-0.1, -0.05) is 6.92 Å². The van der Waals surface area contributed by atoms with Gasteiger partial charge in [-0.2, -0.15) is 5.26 Å². The quantitative estimate of drug-likeness (QED) is 0.684. The summed E-state index contributed by atoms with van der Waals surface area (Å²) in [5.41, 5.74) is -0.456. The number of nitrogens with zero attached hydrogens (tertiary/aromatic N) is 1. The molecule has 2 N–H and O–H groups in total. The zero-order valence-corrected chi connectivity index (χ0v) is 11.9. The van der Waals surface area contributed by atoms with E-state index in [4.69, 9.17) is 10.00 Å². The van der Waals surface area contributed by atoms with E-state index in [9.17, 15) is 4.79 Å². The van der Waals surface area contributed by atoms with Crippen molar-refractivity contribution in [1.29, 1.82) is 5.26 Å². The average Bonchev–Trinajstić information content (AvgIpc) is 2.24. The topological polar surface area (TPSA) is 74.2 Å². The number of hydrogen-bond donors (Lipinski definition) is 2. The van der Waals surface area contributed by atoms with Gasteiger partial charge in [0, 0.05) is 12.6 Å². The van der Waals surface area contributed by atoms with Gasteiger partial charge in [0.25, 0.3) is 0 Å². The zero-order valence-electron chi connectivity index (χ0n) is 11.9. The van der Waals surface area contributed by atoms with Crippen LogP contribution in [0.1, 0.15) is 47.0 Å². The smallest absolute Gasteiger partial charge is 0.407 e. The number of hydrogen-bond acceptors (Lipinski definition) is 4. The Morgan fingerprint density at radius 1 is 1.39 bits per heavy atom. The monoisotopic (exact) mass is 255 g/mol. The molecule has 5 heteroatoms. The Morgan fingerprint density at radius 2 is 2.06 bits per heavy atom. The highest BCUT2D eigenvalue weighted by Gasteiger charge is 2.15. The third-order valence-electron chi connectivity index (χ3n) is 2.29. The van der Waals surface area contributed by atoms with Crippen molar-refractivity contribution in [3.63, 3.8) is 0 Å². The number of rotatable bonds is 7. The van der Waals surface area contributed by atoms with Gasteiger partial charge in [-0.3, -0.25) is 0 Å². The number of amides is 1. The first kappa shape index (κ1) is 16.7. The van der Waals surface area contributed by atoms with Crippen LogP contribution in [0.25, 0.3) is 0 Å². The third-order valence-corrected chi connectivity index (χ3v) is 2.29. The summed E-state index contributed by atoms with van der Waals surface area (Å²) in [4.78, 5) is 11.3. The van der Waals surface area contributed by atoms with Crippen LogP contribution >= 0.6 is 0 Å². The Hall–Kier alpha value is -1.28. The SMILES string of the molecule is CCC(CC#N)NCCCNC(=O)OC(C)(C)C. The molecule has 0 bridgehead atoms. The number of nitriles is 1. The summed E-state index contributed by atoms with van der Waals surface area (Å²) in [6, 6.07) is 2.40. The van der Waals surface area contributed by atoms with E-state index in [2.05, 4.69) is 16.7 Å². The minimum absolute atomic E-state index is 0.247. The molecule has 5 nitrogen and oxygen atoms in total. The van der Waals surface area contributed by atoms with E-state index in [1.54, 1.807) is 0 Å². The van der Waals surface area contributed by atoms with E-state index < -0.39 is 5.60 Å². The van der Waals surface area contributed by atoms with Crippen molar-refractivity contribution in [3.05, 3.63) is 0 Å². The molecule has 0 aliphatic heterocycles. The van der Waals surface area contributed by atoms with Gasteiger partial charge >= 0.3 is 6.09 Å². The molecule has 1 atom stereocenters. The first-order valence-corrected chi connectivity index (χ1v) is 6.46. The summed E-state index contributed by atoms with van der Waals surface area (Å²) < 4.78 is 5.11. The molecule has 0 aromatic rings. The lowest BCUT2D eigenvalue weighted by Gasteiger charge is -2.19. The fourth-order valence-corrected chi connectivity index (χ4v) is 1.37. The van der Waals surface area contributed by atoms with Crippen LogP contribution in [0.3, 0.4) is 0 Å². The second-order valence-electron chi connectivity index (χ2n) is 5.20. The van der Waals surface area contributed by atoms with Crippen molar-refractivity contribution in [2.45, 2.75) is 58.6 Å². The first-order valence-electron chi connectivity index (χ1n) is 6.46. The Balaban J connectivity index is 3.57. The van der Waals surface area contributed by atoms with E-state index >= 15 is 0 Å². The maximum absolute atomic E-state index is 11.3. The lowest BCUT2D eigenvalue weighted by Crippen LogP contribution is -2.35. The fraction of sp³-hybridized carbons (Fsp3) is 0.846. The average molecular weight is 255 g/mol. The van der Waals surface area contributed by atoms with Crippen LogP contribution in [0.2, 0.25) is 0 Å². The van der Waals surface area contributed by atoms with Crippen molar-refractivity contribution in [3.8, 4) is 6.07 Å². The van der Waals surface area contributed by atoms with Gasteiger partial charge in [-0.15, -0.1) is 0 Å². The van der Waals surface area contributed by atoms with Gasteiger partial charge in [0.15, 0.2) is 0 Å². The Morgan fingerprint density at radius 3 is 2.56 bits per heavy atom. The minimum Gasteiger partial charge on any atom is -0.444 e. The summed E-state index contributed by atoms with van der Waals surface area (Å²) in [6.07, 6.45) is 1.90. The summed E-state index contributed by atoms with van der Waals surface area (Å²) in [5.74, 6) is 0. The number of nitrogens with one attached hydrogen (secondary N) is 2. The van der Waals surface area contributed by atoms with E-state index in [0.717, 1.165) is 19.4 Å². The molecule has 0 spiro atoms. The van der Waals surface area contributed by atoms with Crippen LogP contribution in [0.15, 0.2) is 0 Å². The second-order valence-corrected chi connectivity index (χ2v) is 5.20. The van der Waals surface area contributed by atoms with Crippen molar-refractivity contribution in [1.82, 2.24) is 10.6 Å². The normalized spacial score (nSPS) is 12.6. The zero-order chi connectivity index (χ0) is 14.0. The van der Waals surface area contributed by atoms with Gasteiger partial charge in [0.1, 0.15) is 5.60 Å². The van der Waals surface area contributed by atoms with E-state index in [1.165, 1.54) is 0 Å². The van der Waals surface area contributed by atoms with Gasteiger partial charge in [0.2, 0.25) is 0 Å². The number of carbonyl (C=O) groups excluding carboxylic acids is 1. The summed E-state index contributed by atoms with van der Waals surface area (Å²) in [5, 5.41) is 14.6. The lowest BCUT2D eigenvalue weighted by molar-refractivity contribution is 0.0527. The summed E-state index contributed by atoms with van der Waals surface area (Å²) in [7, 11) is 0. The minimum atomic E-state index is -0.456. The van der Waals surface area contributed by atoms with Crippen LogP contribution in [-0.4, -0.2) is 30.8 Å². The predicted octanol–water partition coefficient (Wildman–Crippen LogP) is 2.18. The molecular formula is C13H25N3O2. The predicted molar refractivity (Wildman–Crippen MR) is 71.2 cm³/mol. The number of ether oxygens (including phenoxy) is 1. The van der Waals surface area contributed by atoms with Gasteiger partial charge in [-0.05, 0) is 40.2 Å². The van der Waals surface area contributed by atoms with Crippen molar-refractivity contribution in [2.75, 3.05) is 13.1 Å². The highest BCUT2D eigenvalue weighted by Crippen LogP contribution is 2.06. The fourth-order valence-electron chi connectivity index (χ4n) is 1.37. The van der Waals surface area contributed by atoms with E-state index in [1.807, 2.05) is 27.7 Å². The molecule has 0 saturated heterocycles. The van der Waals surface area contributed by atoms with Gasteiger partial charge < -0.3 is 15.4 Å². The standard InChI is InChI=1S/C13H25N3O2/c1-5-11(7-8-14)15-9-6-10-16-12(17)18-13(2,3)4/h11,15H,5-7,9-10H2,1-4H3,(H,16,17). The molecule has 0 radical (unpaired) electrons. The third kappa shape index (κ3) is 9.91. The number of carbonyl (C=O) groups is 1. The van der Waals surface area contributed by atoms with Crippen LogP contribution in [-0.2, 0) is 4.74 Å². The Kier molecular flexibility index (Phi) is 8.14. The van der Waals surface area contributed by atoms with E-state index in [-0.39, 0.29) is 12.1 Å². The van der Waals surface area contributed by atoms with E-state index in [0.29, 0.717) is 13.0 Å². The molecule has 18 heavy (non-hydrogen) atoms. The van der Waals surface area contributed by atoms with Crippen LogP contribution in [0.5, 0.6) is 0 Å². The van der Waals surface area contributed by atoms with Crippen LogP contribution in [0.4, 0.5) is 4.79 Å². The molecular weight excluding hydrogens is 230 g/mol. The first-order chi connectivity index (χ1) is 8.39. The van der Waals surface area contributed by atoms with Crippen molar-refractivity contribution >= 4 is 6.09 Å². The molecule has 0 saturated carbocycles. The van der Waals surface area contributed by atoms with Crippen LogP contribution in [0, 0.1) is 11.3 Å². The highest BCUT2D eigenvalue weighted by atomic mass is 16.6. The number of alkyl carbamates (subject to hydrolysis) is 1.